The molecular weight excluding hydrogens is 264 g/mol. The highest BCUT2D eigenvalue weighted by Crippen LogP contribution is 2.23. The SMILES string of the molecule is CC1C=C(CCC(=O)O)C(=O)OC1C=CC=CC(=O)O. The molecule has 0 aromatic carbocycles. The molecule has 2 N–H and O–H groups in total. The van der Waals surface area contributed by atoms with Crippen LogP contribution in [-0.2, 0) is 19.1 Å². The normalized spacial score (nSPS) is 22.9. The highest BCUT2D eigenvalue weighted by atomic mass is 16.5. The van der Waals surface area contributed by atoms with Gasteiger partial charge in [-0.1, -0.05) is 25.2 Å². The van der Waals surface area contributed by atoms with Crippen molar-refractivity contribution in [1.82, 2.24) is 0 Å². The molecule has 1 rings (SSSR count). The highest BCUT2D eigenvalue weighted by molar-refractivity contribution is 5.90. The van der Waals surface area contributed by atoms with E-state index in [4.69, 9.17) is 14.9 Å². The number of allylic oxidation sites excluding steroid dienone is 2. The zero-order valence-corrected chi connectivity index (χ0v) is 11.0. The minimum atomic E-state index is -1.06. The van der Waals surface area contributed by atoms with Crippen molar-refractivity contribution in [3.63, 3.8) is 0 Å². The number of hydrogen-bond donors (Lipinski definition) is 2. The quantitative estimate of drug-likeness (QED) is 0.435. The second kappa shape index (κ2) is 7.28. The standard InChI is InChI=1S/C14H16O6/c1-9-8-10(6-7-13(17)18)14(19)20-11(9)4-2-3-5-12(15)16/h2-5,8-9,11H,6-7H2,1H3,(H,15,16)(H,17,18). The maximum absolute atomic E-state index is 11.7. The van der Waals surface area contributed by atoms with Gasteiger partial charge in [0, 0.05) is 24.0 Å². The van der Waals surface area contributed by atoms with Crippen molar-refractivity contribution in [3.05, 3.63) is 36.0 Å². The molecule has 0 aliphatic carbocycles. The molecule has 0 amide bonds. The van der Waals surface area contributed by atoms with E-state index >= 15 is 0 Å². The molecule has 0 aromatic rings. The van der Waals surface area contributed by atoms with E-state index in [0.717, 1.165) is 6.08 Å². The molecule has 0 aromatic heterocycles. The molecule has 0 radical (unpaired) electrons. The molecule has 2 unspecified atom stereocenters. The lowest BCUT2D eigenvalue weighted by Gasteiger charge is -2.25. The summed E-state index contributed by atoms with van der Waals surface area (Å²) in [6.45, 7) is 1.84. The molecule has 6 nitrogen and oxygen atoms in total. The zero-order chi connectivity index (χ0) is 15.1. The summed E-state index contributed by atoms with van der Waals surface area (Å²) in [7, 11) is 0. The largest absolute Gasteiger partial charge is 0.481 e. The van der Waals surface area contributed by atoms with Crippen LogP contribution < -0.4 is 0 Å². The number of aliphatic carboxylic acids is 2. The van der Waals surface area contributed by atoms with Crippen LogP contribution >= 0.6 is 0 Å². The number of cyclic esters (lactones) is 1. The summed E-state index contributed by atoms with van der Waals surface area (Å²) in [5.74, 6) is -2.64. The van der Waals surface area contributed by atoms with Crippen molar-refractivity contribution in [3.8, 4) is 0 Å². The molecule has 0 saturated heterocycles. The highest BCUT2D eigenvalue weighted by Gasteiger charge is 2.26. The smallest absolute Gasteiger partial charge is 0.334 e. The van der Waals surface area contributed by atoms with E-state index in [1.807, 2.05) is 6.92 Å². The fraction of sp³-hybridized carbons (Fsp3) is 0.357. The van der Waals surface area contributed by atoms with Crippen LogP contribution in [0.4, 0.5) is 0 Å². The molecule has 6 heteroatoms. The van der Waals surface area contributed by atoms with Crippen molar-refractivity contribution in [2.75, 3.05) is 0 Å². The van der Waals surface area contributed by atoms with Crippen molar-refractivity contribution in [2.45, 2.75) is 25.9 Å². The number of carboxylic acids is 2. The summed E-state index contributed by atoms with van der Waals surface area (Å²) in [5, 5.41) is 17.0. The maximum Gasteiger partial charge on any atom is 0.334 e. The number of carbonyl (C=O) groups is 3. The molecular formula is C14H16O6. The van der Waals surface area contributed by atoms with Crippen LogP contribution in [0.25, 0.3) is 0 Å². The van der Waals surface area contributed by atoms with E-state index in [1.54, 1.807) is 12.2 Å². The Kier molecular flexibility index (Phi) is 5.71. The number of hydrogen-bond acceptors (Lipinski definition) is 4. The zero-order valence-electron chi connectivity index (χ0n) is 11.0. The van der Waals surface area contributed by atoms with Gasteiger partial charge < -0.3 is 14.9 Å². The second-order valence-corrected chi connectivity index (χ2v) is 4.40. The Morgan fingerprint density at radius 2 is 2.05 bits per heavy atom. The lowest BCUT2D eigenvalue weighted by molar-refractivity contribution is -0.145. The number of carboxylic acid groups (broad SMARTS) is 2. The van der Waals surface area contributed by atoms with Gasteiger partial charge in [0.25, 0.3) is 0 Å². The molecule has 2 atom stereocenters. The lowest BCUT2D eigenvalue weighted by Crippen LogP contribution is -2.28. The van der Waals surface area contributed by atoms with Crippen LogP contribution in [0.2, 0.25) is 0 Å². The third-order valence-electron chi connectivity index (χ3n) is 2.75. The van der Waals surface area contributed by atoms with Gasteiger partial charge in [-0.3, -0.25) is 4.79 Å². The molecule has 0 saturated carbocycles. The molecule has 108 valence electrons. The predicted octanol–water partition coefficient (Wildman–Crippen LogP) is 1.54. The summed E-state index contributed by atoms with van der Waals surface area (Å²) in [6.07, 6.45) is 6.65. The first-order chi connectivity index (χ1) is 9.40. The third kappa shape index (κ3) is 5.09. The van der Waals surface area contributed by atoms with Crippen LogP contribution in [0.5, 0.6) is 0 Å². The topological polar surface area (TPSA) is 101 Å². The number of esters is 1. The van der Waals surface area contributed by atoms with E-state index in [2.05, 4.69) is 0 Å². The van der Waals surface area contributed by atoms with Crippen molar-refractivity contribution in [1.29, 1.82) is 0 Å². The molecule has 20 heavy (non-hydrogen) atoms. The summed E-state index contributed by atoms with van der Waals surface area (Å²) < 4.78 is 5.18. The van der Waals surface area contributed by atoms with Crippen LogP contribution in [0.15, 0.2) is 36.0 Å². The fourth-order valence-electron chi connectivity index (χ4n) is 1.74. The predicted molar refractivity (Wildman–Crippen MR) is 69.9 cm³/mol. The Balaban J connectivity index is 2.65. The Labute approximate surface area is 116 Å². The minimum Gasteiger partial charge on any atom is -0.481 e. The van der Waals surface area contributed by atoms with E-state index in [9.17, 15) is 14.4 Å². The monoisotopic (exact) mass is 280 g/mol. The minimum absolute atomic E-state index is 0.0917. The second-order valence-electron chi connectivity index (χ2n) is 4.40. The van der Waals surface area contributed by atoms with Crippen LogP contribution in [0, 0.1) is 5.92 Å². The van der Waals surface area contributed by atoms with Gasteiger partial charge in [0.15, 0.2) is 0 Å². The van der Waals surface area contributed by atoms with Gasteiger partial charge in [0.1, 0.15) is 6.10 Å². The summed E-state index contributed by atoms with van der Waals surface area (Å²) in [6, 6.07) is 0. The van der Waals surface area contributed by atoms with Gasteiger partial charge in [0.05, 0.1) is 0 Å². The summed E-state index contributed by atoms with van der Waals surface area (Å²) in [4.78, 5) is 32.4. The van der Waals surface area contributed by atoms with Gasteiger partial charge in [0.2, 0.25) is 0 Å². The van der Waals surface area contributed by atoms with Crippen molar-refractivity contribution >= 4 is 17.9 Å². The first-order valence-corrected chi connectivity index (χ1v) is 6.11. The number of ether oxygens (including phenoxy) is 1. The van der Waals surface area contributed by atoms with Crippen molar-refractivity contribution in [2.24, 2.45) is 5.92 Å². The average Bonchev–Trinajstić information content (AvgIpc) is 2.36. The van der Waals surface area contributed by atoms with Crippen molar-refractivity contribution < 1.29 is 29.3 Å². The van der Waals surface area contributed by atoms with Gasteiger partial charge in [-0.05, 0) is 12.5 Å². The van der Waals surface area contributed by atoms with E-state index in [1.165, 1.54) is 12.2 Å². The molecule has 1 aliphatic rings. The Hall–Kier alpha value is -2.37. The Morgan fingerprint density at radius 1 is 1.35 bits per heavy atom. The van der Waals surface area contributed by atoms with E-state index in [-0.39, 0.29) is 18.8 Å². The first kappa shape index (κ1) is 15.7. The summed E-state index contributed by atoms with van der Waals surface area (Å²) in [5.41, 5.74) is 0.366. The Morgan fingerprint density at radius 3 is 2.65 bits per heavy atom. The lowest BCUT2D eigenvalue weighted by atomic mass is 9.95. The molecule has 0 spiro atoms. The van der Waals surface area contributed by atoms with E-state index < -0.39 is 24.0 Å². The third-order valence-corrected chi connectivity index (χ3v) is 2.75. The number of carbonyl (C=O) groups excluding carboxylic acids is 1. The van der Waals surface area contributed by atoms with Crippen LogP contribution in [0.3, 0.4) is 0 Å². The molecule has 1 heterocycles. The average molecular weight is 280 g/mol. The van der Waals surface area contributed by atoms with Gasteiger partial charge in [-0.25, -0.2) is 9.59 Å². The summed E-state index contributed by atoms with van der Waals surface area (Å²) >= 11 is 0. The van der Waals surface area contributed by atoms with Crippen LogP contribution in [0.1, 0.15) is 19.8 Å². The molecule has 0 bridgehead atoms. The molecule has 1 aliphatic heterocycles. The maximum atomic E-state index is 11.7. The van der Waals surface area contributed by atoms with E-state index in [0.29, 0.717) is 5.57 Å². The van der Waals surface area contributed by atoms with Gasteiger partial charge in [-0.15, -0.1) is 0 Å². The Bertz CT molecular complexity index is 486. The van der Waals surface area contributed by atoms with Gasteiger partial charge in [-0.2, -0.15) is 0 Å². The van der Waals surface area contributed by atoms with Crippen LogP contribution in [-0.4, -0.2) is 34.2 Å². The fourth-order valence-corrected chi connectivity index (χ4v) is 1.74. The first-order valence-electron chi connectivity index (χ1n) is 6.11. The van der Waals surface area contributed by atoms with Gasteiger partial charge >= 0.3 is 17.9 Å². The number of rotatable bonds is 6. The molecule has 0 fully saturated rings.